The van der Waals surface area contributed by atoms with Crippen LogP contribution in [0.3, 0.4) is 0 Å². The van der Waals surface area contributed by atoms with Crippen LogP contribution in [0.15, 0.2) is 11.1 Å². The van der Waals surface area contributed by atoms with Gasteiger partial charge in [-0.25, -0.2) is 0 Å². The molecule has 2 heterocycles. The van der Waals surface area contributed by atoms with Gasteiger partial charge >= 0.3 is 0 Å². The molecule has 0 aromatic carbocycles. The van der Waals surface area contributed by atoms with E-state index in [2.05, 4.69) is 45.3 Å². The Morgan fingerprint density at radius 3 is 2.86 bits per heavy atom. The fraction of sp³-hybridized carbons (Fsp3) is 0.750. The van der Waals surface area contributed by atoms with E-state index in [9.17, 15) is 0 Å². The minimum atomic E-state index is -0.0542. The Hall–Kier alpha value is -1.56. The van der Waals surface area contributed by atoms with E-state index in [1.54, 1.807) is 7.05 Å². The zero-order valence-corrected chi connectivity index (χ0v) is 14.3. The molecule has 1 aliphatic rings. The molecule has 22 heavy (non-hydrogen) atoms. The van der Waals surface area contributed by atoms with Crippen molar-refractivity contribution in [3.05, 3.63) is 17.5 Å². The third kappa shape index (κ3) is 4.73. The zero-order valence-electron chi connectivity index (χ0n) is 14.3. The van der Waals surface area contributed by atoms with Crippen LogP contribution in [0.1, 0.15) is 37.6 Å². The molecule has 0 aliphatic carbocycles. The molecule has 0 amide bonds. The van der Waals surface area contributed by atoms with Gasteiger partial charge in [-0.15, -0.1) is 0 Å². The van der Waals surface area contributed by atoms with Gasteiger partial charge in [0.1, 0.15) is 0 Å². The molecular formula is C16H29N5O. The van der Waals surface area contributed by atoms with Crippen LogP contribution in [0.25, 0.3) is 0 Å². The van der Waals surface area contributed by atoms with Gasteiger partial charge in [0.15, 0.2) is 5.96 Å². The Bertz CT molecular complexity index is 503. The Balaban J connectivity index is 1.67. The van der Waals surface area contributed by atoms with Crippen molar-refractivity contribution < 1.29 is 4.74 Å². The largest absolute Gasteiger partial charge is 0.373 e. The summed E-state index contributed by atoms with van der Waals surface area (Å²) in [4.78, 5) is 4.26. The van der Waals surface area contributed by atoms with Crippen molar-refractivity contribution in [2.45, 2.75) is 52.2 Å². The van der Waals surface area contributed by atoms with Gasteiger partial charge < -0.3 is 15.4 Å². The maximum absolute atomic E-state index is 5.78. The molecule has 0 saturated carbocycles. The zero-order chi connectivity index (χ0) is 16.0. The fourth-order valence-corrected chi connectivity index (χ4v) is 2.80. The Kier molecular flexibility index (Phi) is 5.83. The lowest BCUT2D eigenvalue weighted by Gasteiger charge is -2.24. The molecule has 1 saturated heterocycles. The van der Waals surface area contributed by atoms with Crippen molar-refractivity contribution in [1.29, 1.82) is 0 Å². The summed E-state index contributed by atoms with van der Waals surface area (Å²) in [5.74, 6) is 0.838. The van der Waals surface area contributed by atoms with Gasteiger partial charge in [-0.1, -0.05) is 0 Å². The molecule has 0 spiro atoms. The summed E-state index contributed by atoms with van der Waals surface area (Å²) in [5, 5.41) is 11.2. The van der Waals surface area contributed by atoms with E-state index in [-0.39, 0.29) is 5.60 Å². The summed E-state index contributed by atoms with van der Waals surface area (Å²) in [6.07, 6.45) is 3.26. The third-order valence-electron chi connectivity index (χ3n) is 4.10. The van der Waals surface area contributed by atoms with Crippen LogP contribution in [-0.4, -0.2) is 48.1 Å². The molecule has 1 atom stereocenters. The second-order valence-corrected chi connectivity index (χ2v) is 6.26. The fourth-order valence-electron chi connectivity index (χ4n) is 2.80. The SMILES string of the molecule is CN=C(NCCCn1nc(C)cc1C)NCC1(C)CCCO1. The number of aryl methyl sites for hydroxylation is 3. The highest BCUT2D eigenvalue weighted by atomic mass is 16.5. The highest BCUT2D eigenvalue weighted by Crippen LogP contribution is 2.23. The van der Waals surface area contributed by atoms with Gasteiger partial charge in [0.25, 0.3) is 0 Å². The number of nitrogens with zero attached hydrogens (tertiary/aromatic N) is 3. The highest BCUT2D eigenvalue weighted by Gasteiger charge is 2.29. The molecule has 124 valence electrons. The standard InChI is InChI=1S/C16H29N5O/c1-13-11-14(2)21(20-13)9-6-8-18-15(17-4)19-12-16(3)7-5-10-22-16/h11H,5-10,12H2,1-4H3,(H2,17,18,19). The minimum absolute atomic E-state index is 0.0542. The summed E-state index contributed by atoms with van der Waals surface area (Å²) in [6.45, 7) is 9.73. The second kappa shape index (κ2) is 7.63. The van der Waals surface area contributed by atoms with Crippen molar-refractivity contribution in [3.8, 4) is 0 Å². The van der Waals surface area contributed by atoms with E-state index in [0.717, 1.165) is 57.2 Å². The molecule has 1 aromatic heterocycles. The van der Waals surface area contributed by atoms with E-state index >= 15 is 0 Å². The van der Waals surface area contributed by atoms with Crippen molar-refractivity contribution in [3.63, 3.8) is 0 Å². The van der Waals surface area contributed by atoms with E-state index in [1.165, 1.54) is 5.69 Å². The molecule has 6 nitrogen and oxygen atoms in total. The Morgan fingerprint density at radius 1 is 1.45 bits per heavy atom. The number of nitrogens with one attached hydrogen (secondary N) is 2. The van der Waals surface area contributed by atoms with Gasteiger partial charge in [-0.3, -0.25) is 9.67 Å². The number of rotatable bonds is 6. The summed E-state index contributed by atoms with van der Waals surface area (Å²) in [7, 11) is 1.80. The normalized spacial score (nSPS) is 22.1. The predicted molar refractivity (Wildman–Crippen MR) is 89.3 cm³/mol. The van der Waals surface area contributed by atoms with Crippen LogP contribution in [0.2, 0.25) is 0 Å². The maximum Gasteiger partial charge on any atom is 0.191 e. The van der Waals surface area contributed by atoms with E-state index in [4.69, 9.17) is 4.74 Å². The molecule has 1 aromatic rings. The van der Waals surface area contributed by atoms with Gasteiger partial charge in [-0.2, -0.15) is 5.10 Å². The van der Waals surface area contributed by atoms with Gasteiger partial charge in [0.05, 0.1) is 11.3 Å². The quantitative estimate of drug-likeness (QED) is 0.476. The molecule has 0 bridgehead atoms. The minimum Gasteiger partial charge on any atom is -0.373 e. The van der Waals surface area contributed by atoms with Crippen LogP contribution in [0, 0.1) is 13.8 Å². The molecule has 0 radical (unpaired) electrons. The van der Waals surface area contributed by atoms with Crippen molar-refractivity contribution in [1.82, 2.24) is 20.4 Å². The van der Waals surface area contributed by atoms with Crippen LogP contribution in [-0.2, 0) is 11.3 Å². The van der Waals surface area contributed by atoms with Crippen molar-refractivity contribution in [2.75, 3.05) is 26.7 Å². The highest BCUT2D eigenvalue weighted by molar-refractivity contribution is 5.79. The summed E-state index contributed by atoms with van der Waals surface area (Å²) >= 11 is 0. The van der Waals surface area contributed by atoms with E-state index in [0.29, 0.717) is 0 Å². The first-order valence-electron chi connectivity index (χ1n) is 8.12. The number of hydrogen-bond donors (Lipinski definition) is 2. The van der Waals surface area contributed by atoms with Crippen molar-refractivity contribution in [2.24, 2.45) is 4.99 Å². The average Bonchev–Trinajstić information content (AvgIpc) is 3.04. The average molecular weight is 307 g/mol. The topological polar surface area (TPSA) is 63.5 Å². The number of guanidine groups is 1. The summed E-state index contributed by atoms with van der Waals surface area (Å²) in [5.41, 5.74) is 2.24. The summed E-state index contributed by atoms with van der Waals surface area (Å²) < 4.78 is 7.83. The van der Waals surface area contributed by atoms with Gasteiger partial charge in [0.2, 0.25) is 0 Å². The molecule has 6 heteroatoms. The van der Waals surface area contributed by atoms with Crippen molar-refractivity contribution >= 4 is 5.96 Å². The lowest BCUT2D eigenvalue weighted by atomic mass is 10.0. The maximum atomic E-state index is 5.78. The summed E-state index contributed by atoms with van der Waals surface area (Å²) in [6, 6.07) is 2.11. The van der Waals surface area contributed by atoms with Crippen LogP contribution >= 0.6 is 0 Å². The molecule has 2 rings (SSSR count). The lowest BCUT2D eigenvalue weighted by Crippen LogP contribution is -2.45. The Morgan fingerprint density at radius 2 is 2.27 bits per heavy atom. The third-order valence-corrected chi connectivity index (χ3v) is 4.10. The predicted octanol–water partition coefficient (Wildman–Crippen LogP) is 1.62. The molecule has 1 aliphatic heterocycles. The van der Waals surface area contributed by atoms with E-state index in [1.807, 2.05) is 6.92 Å². The monoisotopic (exact) mass is 307 g/mol. The molecule has 1 fully saturated rings. The van der Waals surface area contributed by atoms with Crippen LogP contribution in [0.4, 0.5) is 0 Å². The number of aliphatic imine (C=N–C) groups is 1. The van der Waals surface area contributed by atoms with E-state index < -0.39 is 0 Å². The van der Waals surface area contributed by atoms with Crippen LogP contribution < -0.4 is 10.6 Å². The molecule has 1 unspecified atom stereocenters. The first-order valence-corrected chi connectivity index (χ1v) is 8.12. The Labute approximate surface area is 133 Å². The van der Waals surface area contributed by atoms with Gasteiger partial charge in [-0.05, 0) is 46.1 Å². The number of ether oxygens (including phenoxy) is 1. The lowest BCUT2D eigenvalue weighted by molar-refractivity contribution is 0.0243. The molecule has 2 N–H and O–H groups in total. The van der Waals surface area contributed by atoms with Crippen LogP contribution in [0.5, 0.6) is 0 Å². The van der Waals surface area contributed by atoms with Gasteiger partial charge in [0, 0.05) is 39.0 Å². The second-order valence-electron chi connectivity index (χ2n) is 6.26. The number of hydrogen-bond acceptors (Lipinski definition) is 3. The smallest absolute Gasteiger partial charge is 0.191 e. The first kappa shape index (κ1) is 16.8. The number of aromatic nitrogens is 2. The molecular weight excluding hydrogens is 278 g/mol. The first-order chi connectivity index (χ1) is 10.5.